The molecule has 0 aliphatic carbocycles. The van der Waals surface area contributed by atoms with Crippen LogP contribution in [0.4, 0.5) is 0 Å². The third-order valence-electron chi connectivity index (χ3n) is 5.12. The van der Waals surface area contributed by atoms with Crippen molar-refractivity contribution in [2.24, 2.45) is 13.0 Å². The smallest absolute Gasteiger partial charge is 0.212 e. The van der Waals surface area contributed by atoms with Crippen LogP contribution in [-0.4, -0.2) is 5.78 Å². The van der Waals surface area contributed by atoms with Crippen LogP contribution >= 0.6 is 0 Å². The Kier molecular flexibility index (Phi) is 5.62. The quantitative estimate of drug-likeness (QED) is 0.430. The Labute approximate surface area is 155 Å². The minimum absolute atomic E-state index is 0.132. The molecular formula is C24H26NO+. The van der Waals surface area contributed by atoms with Crippen molar-refractivity contribution < 1.29 is 9.36 Å². The highest BCUT2D eigenvalue weighted by atomic mass is 16.1. The molecule has 0 spiro atoms. The van der Waals surface area contributed by atoms with Crippen molar-refractivity contribution in [3.63, 3.8) is 0 Å². The maximum atomic E-state index is 12.4. The number of carbonyl (C=O) groups is 1. The summed E-state index contributed by atoms with van der Waals surface area (Å²) in [4.78, 5) is 12.4. The number of hydrogen-bond donors (Lipinski definition) is 0. The van der Waals surface area contributed by atoms with Gasteiger partial charge in [0, 0.05) is 35.1 Å². The lowest BCUT2D eigenvalue weighted by molar-refractivity contribution is -0.646. The summed E-state index contributed by atoms with van der Waals surface area (Å²) >= 11 is 0. The molecule has 2 heteroatoms. The van der Waals surface area contributed by atoms with Gasteiger partial charge in [-0.15, -0.1) is 0 Å². The molecule has 0 N–H and O–H groups in total. The van der Waals surface area contributed by atoms with E-state index in [4.69, 9.17) is 0 Å². The lowest BCUT2D eigenvalue weighted by atomic mass is 9.92. The minimum Gasteiger partial charge on any atom is -0.294 e. The summed E-state index contributed by atoms with van der Waals surface area (Å²) < 4.78 is 2.19. The second-order valence-electron chi connectivity index (χ2n) is 6.71. The van der Waals surface area contributed by atoms with E-state index in [-0.39, 0.29) is 11.7 Å². The summed E-state index contributed by atoms with van der Waals surface area (Å²) in [5.74, 6) is 0.388. The number of ketones is 1. The van der Waals surface area contributed by atoms with Gasteiger partial charge in [0.25, 0.3) is 0 Å². The fourth-order valence-electron chi connectivity index (χ4n) is 3.36. The molecule has 1 aromatic heterocycles. The standard InChI is InChI=1S/C24H26NO/c1-4-19(5-2)24(26)21-13-10-18(11-14-21)12-16-22-17-15-20-8-6-7-9-23(20)25(22)3/h6-17,19H,4-5H2,1-3H3/q+1/b16-12+. The number of fused-ring (bicyclic) bond motifs is 1. The first kappa shape index (κ1) is 18.1. The number of hydrogen-bond acceptors (Lipinski definition) is 1. The lowest BCUT2D eigenvalue weighted by Gasteiger charge is -2.10. The lowest BCUT2D eigenvalue weighted by Crippen LogP contribution is -2.32. The van der Waals surface area contributed by atoms with Crippen molar-refractivity contribution in [1.29, 1.82) is 0 Å². The van der Waals surface area contributed by atoms with Gasteiger partial charge in [-0.2, -0.15) is 4.57 Å². The molecule has 0 unspecified atom stereocenters. The molecule has 26 heavy (non-hydrogen) atoms. The van der Waals surface area contributed by atoms with Crippen molar-refractivity contribution in [1.82, 2.24) is 0 Å². The molecule has 0 saturated heterocycles. The molecule has 0 aliphatic heterocycles. The van der Waals surface area contributed by atoms with Gasteiger partial charge in [-0.3, -0.25) is 4.79 Å². The Morgan fingerprint density at radius 1 is 0.923 bits per heavy atom. The molecule has 0 saturated carbocycles. The summed E-state index contributed by atoms with van der Waals surface area (Å²) in [6.45, 7) is 4.15. The van der Waals surface area contributed by atoms with Gasteiger partial charge < -0.3 is 0 Å². The SMILES string of the molecule is CCC(CC)C(=O)c1ccc(/C=C/c2ccc3ccccc3[n+]2C)cc1. The van der Waals surface area contributed by atoms with Gasteiger partial charge in [-0.1, -0.05) is 50.2 Å². The van der Waals surface area contributed by atoms with E-state index in [1.165, 1.54) is 10.9 Å². The number of pyridine rings is 1. The maximum Gasteiger partial charge on any atom is 0.212 e. The molecule has 0 atom stereocenters. The van der Waals surface area contributed by atoms with E-state index in [1.54, 1.807) is 0 Å². The van der Waals surface area contributed by atoms with E-state index in [0.29, 0.717) is 0 Å². The Hall–Kier alpha value is -2.74. The van der Waals surface area contributed by atoms with E-state index in [2.05, 4.69) is 74.0 Å². The molecule has 3 rings (SSSR count). The topological polar surface area (TPSA) is 20.9 Å². The number of aryl methyl sites for hydroxylation is 1. The molecule has 2 nitrogen and oxygen atoms in total. The molecule has 0 aliphatic rings. The molecule has 132 valence electrons. The van der Waals surface area contributed by atoms with Crippen LogP contribution in [0.5, 0.6) is 0 Å². The summed E-state index contributed by atoms with van der Waals surface area (Å²) in [5.41, 5.74) is 4.26. The first-order valence-electron chi connectivity index (χ1n) is 9.34. The van der Waals surface area contributed by atoms with Crippen LogP contribution in [0, 0.1) is 5.92 Å². The van der Waals surface area contributed by atoms with Gasteiger partial charge in [-0.25, -0.2) is 0 Å². The maximum absolute atomic E-state index is 12.4. The van der Waals surface area contributed by atoms with E-state index in [1.807, 2.05) is 24.3 Å². The van der Waals surface area contributed by atoms with Crippen molar-refractivity contribution in [3.05, 3.63) is 77.5 Å². The molecule has 0 radical (unpaired) electrons. The first-order valence-corrected chi connectivity index (χ1v) is 9.34. The van der Waals surface area contributed by atoms with Gasteiger partial charge >= 0.3 is 0 Å². The van der Waals surface area contributed by atoms with E-state index >= 15 is 0 Å². The van der Waals surface area contributed by atoms with Crippen molar-refractivity contribution in [2.75, 3.05) is 0 Å². The Balaban J connectivity index is 1.81. The minimum atomic E-state index is 0.132. The predicted octanol–water partition coefficient (Wildman–Crippen LogP) is 5.45. The predicted molar refractivity (Wildman–Crippen MR) is 109 cm³/mol. The van der Waals surface area contributed by atoms with Crippen molar-refractivity contribution in [3.8, 4) is 0 Å². The van der Waals surface area contributed by atoms with Crippen molar-refractivity contribution >= 4 is 28.8 Å². The molecule has 0 fully saturated rings. The number of carbonyl (C=O) groups excluding carboxylic acids is 1. The number of nitrogens with zero attached hydrogens (tertiary/aromatic N) is 1. The second-order valence-corrected chi connectivity index (χ2v) is 6.71. The molecule has 0 amide bonds. The highest BCUT2D eigenvalue weighted by Gasteiger charge is 2.15. The van der Waals surface area contributed by atoms with Crippen LogP contribution in [-0.2, 0) is 7.05 Å². The van der Waals surface area contributed by atoms with Crippen LogP contribution in [0.1, 0.15) is 48.3 Å². The van der Waals surface area contributed by atoms with Gasteiger partial charge in [0.1, 0.15) is 7.05 Å². The molecule has 1 heterocycles. The number of Topliss-reactive ketones (excluding diaryl/α,β-unsaturated/α-hetero) is 1. The van der Waals surface area contributed by atoms with E-state index < -0.39 is 0 Å². The molecule has 2 aromatic carbocycles. The largest absolute Gasteiger partial charge is 0.294 e. The highest BCUT2D eigenvalue weighted by molar-refractivity contribution is 5.98. The van der Waals surface area contributed by atoms with Gasteiger partial charge in [-0.05, 0) is 36.6 Å². The average molecular weight is 344 g/mol. The summed E-state index contributed by atoms with van der Waals surface area (Å²) in [7, 11) is 2.08. The molecule has 0 bridgehead atoms. The third-order valence-corrected chi connectivity index (χ3v) is 5.12. The monoisotopic (exact) mass is 344 g/mol. The van der Waals surface area contributed by atoms with Crippen LogP contribution in [0.15, 0.2) is 60.7 Å². The van der Waals surface area contributed by atoms with Crippen molar-refractivity contribution in [2.45, 2.75) is 26.7 Å². The Morgan fingerprint density at radius 2 is 1.62 bits per heavy atom. The second kappa shape index (κ2) is 8.09. The zero-order valence-electron chi connectivity index (χ0n) is 15.8. The average Bonchev–Trinajstić information content (AvgIpc) is 2.69. The summed E-state index contributed by atoms with van der Waals surface area (Å²) in [5, 5.41) is 1.23. The van der Waals surface area contributed by atoms with Crippen LogP contribution < -0.4 is 4.57 Å². The van der Waals surface area contributed by atoms with Gasteiger partial charge in [0.05, 0.1) is 0 Å². The van der Waals surface area contributed by atoms with Gasteiger partial charge in [0.15, 0.2) is 5.78 Å². The van der Waals surface area contributed by atoms with Crippen LogP contribution in [0.25, 0.3) is 23.1 Å². The Morgan fingerprint density at radius 3 is 2.31 bits per heavy atom. The van der Waals surface area contributed by atoms with Gasteiger partial charge in [0.2, 0.25) is 11.2 Å². The third kappa shape index (κ3) is 3.75. The number of benzene rings is 2. The summed E-state index contributed by atoms with van der Waals surface area (Å²) in [6, 6.07) is 20.6. The number of rotatable bonds is 6. The highest BCUT2D eigenvalue weighted by Crippen LogP contribution is 2.17. The summed E-state index contributed by atoms with van der Waals surface area (Å²) in [6.07, 6.45) is 6.00. The van der Waals surface area contributed by atoms with E-state index in [0.717, 1.165) is 29.7 Å². The zero-order chi connectivity index (χ0) is 18.5. The zero-order valence-corrected chi connectivity index (χ0v) is 15.8. The Bertz CT molecular complexity index is 934. The molecular weight excluding hydrogens is 318 g/mol. The fourth-order valence-corrected chi connectivity index (χ4v) is 3.36. The fraction of sp³-hybridized carbons (Fsp3) is 0.250. The molecule has 3 aromatic rings. The van der Waals surface area contributed by atoms with Crippen LogP contribution in [0.2, 0.25) is 0 Å². The number of aromatic nitrogens is 1. The number of para-hydroxylation sites is 1. The van der Waals surface area contributed by atoms with Crippen LogP contribution in [0.3, 0.4) is 0 Å². The van der Waals surface area contributed by atoms with E-state index in [9.17, 15) is 4.79 Å². The first-order chi connectivity index (χ1) is 12.6. The normalized spacial score (nSPS) is 11.5.